The van der Waals surface area contributed by atoms with Crippen LogP contribution in [-0.4, -0.2) is 44.5 Å². The summed E-state index contributed by atoms with van der Waals surface area (Å²) in [7, 11) is -3.70. The van der Waals surface area contributed by atoms with Gasteiger partial charge in [-0.15, -0.1) is 0 Å². The molecule has 0 fully saturated rings. The Morgan fingerprint density at radius 2 is 1.59 bits per heavy atom. The Labute approximate surface area is 169 Å². The van der Waals surface area contributed by atoms with Gasteiger partial charge in [0.2, 0.25) is 0 Å². The van der Waals surface area contributed by atoms with Gasteiger partial charge in [-0.2, -0.15) is 8.42 Å². The highest BCUT2D eigenvalue weighted by atomic mass is 32.2. The molecule has 154 valence electrons. The first-order valence-electron chi connectivity index (χ1n) is 9.13. The van der Waals surface area contributed by atoms with Crippen molar-refractivity contribution in [3.63, 3.8) is 0 Å². The van der Waals surface area contributed by atoms with Crippen LogP contribution in [-0.2, 0) is 10.1 Å². The second-order valence-corrected chi connectivity index (χ2v) is 8.29. The molecule has 0 spiro atoms. The van der Waals surface area contributed by atoms with E-state index in [1.54, 1.807) is 36.4 Å². The van der Waals surface area contributed by atoms with Crippen molar-refractivity contribution in [2.24, 2.45) is 0 Å². The molecule has 2 N–H and O–H groups in total. The van der Waals surface area contributed by atoms with E-state index in [2.05, 4.69) is 0 Å². The van der Waals surface area contributed by atoms with Crippen LogP contribution in [0.3, 0.4) is 0 Å². The van der Waals surface area contributed by atoms with Crippen LogP contribution in [0, 0.1) is 0 Å². The van der Waals surface area contributed by atoms with Crippen LogP contribution in [0.2, 0.25) is 0 Å². The Kier molecular flexibility index (Phi) is 6.07. The van der Waals surface area contributed by atoms with Crippen LogP contribution in [0.15, 0.2) is 42.5 Å². The van der Waals surface area contributed by atoms with Gasteiger partial charge in [0.1, 0.15) is 0 Å². The monoisotopic (exact) mass is 418 g/mol. The number of fused-ring (bicyclic) bond motifs is 1. The summed E-state index contributed by atoms with van der Waals surface area (Å²) in [6.45, 7) is 0.669. The van der Waals surface area contributed by atoms with Gasteiger partial charge in [-0.1, -0.05) is 12.1 Å². The van der Waals surface area contributed by atoms with E-state index in [0.717, 1.165) is 12.7 Å². The van der Waals surface area contributed by atoms with E-state index >= 15 is 0 Å². The maximum Gasteiger partial charge on any atom is 0.306 e. The number of carbonyl (C=O) groups excluding carboxylic acids is 2. The van der Waals surface area contributed by atoms with Crippen molar-refractivity contribution in [1.29, 1.82) is 0 Å². The summed E-state index contributed by atoms with van der Waals surface area (Å²) in [5, 5.41) is 0. The quantitative estimate of drug-likeness (QED) is 0.288. The van der Waals surface area contributed by atoms with Gasteiger partial charge in [0, 0.05) is 18.3 Å². The second-order valence-electron chi connectivity index (χ2n) is 6.71. The highest BCUT2D eigenvalue weighted by Gasteiger charge is 2.34. The molecule has 0 aromatic heterocycles. The molecule has 2 aromatic carbocycles. The molecule has 2 aromatic rings. The lowest BCUT2D eigenvalue weighted by Crippen LogP contribution is -2.30. The van der Waals surface area contributed by atoms with Gasteiger partial charge in [-0.25, -0.2) is 0 Å². The van der Waals surface area contributed by atoms with Crippen LogP contribution in [0.1, 0.15) is 40.0 Å². The summed E-state index contributed by atoms with van der Waals surface area (Å²) in [6.07, 6.45) is 2.97. The van der Waals surface area contributed by atoms with Gasteiger partial charge < -0.3 is 14.7 Å². The van der Waals surface area contributed by atoms with E-state index in [0.29, 0.717) is 42.8 Å². The fourth-order valence-corrected chi connectivity index (χ4v) is 3.50. The molecule has 0 unspecified atom stereocenters. The van der Waals surface area contributed by atoms with E-state index in [4.69, 9.17) is 14.7 Å². The number of nitrogens with two attached hydrogens (primary N) is 1. The molecular formula is C20H22N2O6S. The van der Waals surface area contributed by atoms with Crippen molar-refractivity contribution in [1.82, 2.24) is 4.90 Å². The molecule has 0 aliphatic carbocycles. The molecule has 1 aliphatic rings. The van der Waals surface area contributed by atoms with Gasteiger partial charge in [-0.05, 0) is 43.5 Å². The first-order chi connectivity index (χ1) is 13.8. The molecule has 8 nitrogen and oxygen atoms in total. The van der Waals surface area contributed by atoms with Crippen LogP contribution < -0.4 is 14.7 Å². The number of rotatable bonds is 9. The number of hydrogen-bond donors (Lipinski definition) is 1. The lowest BCUT2D eigenvalue weighted by molar-refractivity contribution is 0.0651. The highest BCUT2D eigenvalue weighted by Crippen LogP contribution is 2.30. The third-order valence-corrected chi connectivity index (χ3v) is 4.85. The zero-order valence-electron chi connectivity index (χ0n) is 16.0. The number of unbranched alkanes of at least 4 members (excludes halogenated alkanes) is 2. The number of carbonyl (C=O) groups is 2. The Morgan fingerprint density at radius 1 is 0.931 bits per heavy atom. The van der Waals surface area contributed by atoms with E-state index < -0.39 is 10.1 Å². The molecule has 1 aliphatic heterocycles. The van der Waals surface area contributed by atoms with Crippen LogP contribution >= 0.6 is 0 Å². The van der Waals surface area contributed by atoms with E-state index in [1.165, 1.54) is 11.0 Å². The summed E-state index contributed by atoms with van der Waals surface area (Å²) in [5.74, 6) is -0.193. The second kappa shape index (κ2) is 8.52. The minimum absolute atomic E-state index is 0.0403. The van der Waals surface area contributed by atoms with Crippen molar-refractivity contribution in [2.75, 3.05) is 25.1 Å². The third-order valence-electron chi connectivity index (χ3n) is 4.37. The molecular weight excluding hydrogens is 396 g/mol. The number of anilines is 1. The van der Waals surface area contributed by atoms with Crippen LogP contribution in [0.4, 0.5) is 5.69 Å². The number of benzene rings is 2. The predicted molar refractivity (Wildman–Crippen MR) is 107 cm³/mol. The minimum atomic E-state index is -3.70. The number of nitrogens with zero attached hydrogens (tertiary/aromatic N) is 1. The molecule has 29 heavy (non-hydrogen) atoms. The van der Waals surface area contributed by atoms with Crippen LogP contribution in [0.5, 0.6) is 11.5 Å². The number of amides is 2. The topological polar surface area (TPSA) is 116 Å². The van der Waals surface area contributed by atoms with Crippen molar-refractivity contribution < 1.29 is 26.9 Å². The molecule has 9 heteroatoms. The molecule has 2 amide bonds. The van der Waals surface area contributed by atoms with Gasteiger partial charge in [0.15, 0.2) is 11.5 Å². The van der Waals surface area contributed by atoms with E-state index in [1.807, 2.05) is 0 Å². The first-order valence-corrected chi connectivity index (χ1v) is 10.9. The number of imide groups is 1. The van der Waals surface area contributed by atoms with E-state index in [-0.39, 0.29) is 23.3 Å². The standard InChI is InChI=1S/C20H22N2O6S/c1-29(25,26)28-18-13-14(21)9-10-17(18)27-12-6-2-5-11-22-19(23)15-7-3-4-8-16(15)20(22)24/h3-4,7-10,13H,2,5-6,11-12,21H2,1H3. The van der Waals surface area contributed by atoms with Gasteiger partial charge >= 0.3 is 10.1 Å². The average molecular weight is 418 g/mol. The van der Waals surface area contributed by atoms with Crippen molar-refractivity contribution in [2.45, 2.75) is 19.3 Å². The maximum absolute atomic E-state index is 12.3. The molecule has 0 radical (unpaired) electrons. The molecule has 3 rings (SSSR count). The maximum atomic E-state index is 12.3. The normalized spacial score (nSPS) is 13.5. The SMILES string of the molecule is CS(=O)(=O)Oc1cc(N)ccc1OCCCCCN1C(=O)c2ccccc2C1=O. The van der Waals surface area contributed by atoms with Gasteiger partial charge in [-0.3, -0.25) is 14.5 Å². The summed E-state index contributed by atoms with van der Waals surface area (Å²) < 4.78 is 33.2. The Hall–Kier alpha value is -3.07. The number of nitrogen functional groups attached to an aromatic ring is 1. The Balaban J connectivity index is 1.46. The summed E-state index contributed by atoms with van der Waals surface area (Å²) in [4.78, 5) is 25.9. The smallest absolute Gasteiger partial charge is 0.306 e. The predicted octanol–water partition coefficient (Wildman–Crippen LogP) is 2.45. The molecule has 0 bridgehead atoms. The first kappa shape index (κ1) is 20.7. The third kappa shape index (κ3) is 5.05. The minimum Gasteiger partial charge on any atom is -0.490 e. The zero-order valence-corrected chi connectivity index (χ0v) is 16.8. The fraction of sp³-hybridized carbons (Fsp3) is 0.300. The Bertz CT molecular complexity index is 1000. The summed E-state index contributed by atoms with van der Waals surface area (Å²) >= 11 is 0. The van der Waals surface area contributed by atoms with Crippen molar-refractivity contribution in [3.05, 3.63) is 53.6 Å². The molecule has 0 saturated heterocycles. The highest BCUT2D eigenvalue weighted by molar-refractivity contribution is 7.86. The number of hydrogen-bond acceptors (Lipinski definition) is 7. The lowest BCUT2D eigenvalue weighted by atomic mass is 10.1. The fourth-order valence-electron chi connectivity index (χ4n) is 3.05. The number of ether oxygens (including phenoxy) is 1. The summed E-state index contributed by atoms with van der Waals surface area (Å²) in [6, 6.07) is 11.3. The van der Waals surface area contributed by atoms with Gasteiger partial charge in [0.05, 0.1) is 24.0 Å². The largest absolute Gasteiger partial charge is 0.490 e. The zero-order chi connectivity index (χ0) is 21.0. The van der Waals surface area contributed by atoms with E-state index in [9.17, 15) is 18.0 Å². The molecule has 1 heterocycles. The Morgan fingerprint density at radius 3 is 2.21 bits per heavy atom. The molecule has 0 saturated carbocycles. The summed E-state index contributed by atoms with van der Waals surface area (Å²) in [5.41, 5.74) is 6.92. The lowest BCUT2D eigenvalue weighted by Gasteiger charge is -2.14. The van der Waals surface area contributed by atoms with Crippen molar-refractivity contribution in [3.8, 4) is 11.5 Å². The van der Waals surface area contributed by atoms with Crippen molar-refractivity contribution >= 4 is 27.6 Å². The van der Waals surface area contributed by atoms with Crippen LogP contribution in [0.25, 0.3) is 0 Å². The molecule has 0 atom stereocenters. The van der Waals surface area contributed by atoms with Gasteiger partial charge in [0.25, 0.3) is 11.8 Å². The average Bonchev–Trinajstić information content (AvgIpc) is 2.89.